The van der Waals surface area contributed by atoms with Crippen LogP contribution in [-0.2, 0) is 10.8 Å². The Hall–Kier alpha value is -7.82. The fourth-order valence-electron chi connectivity index (χ4n) is 9.60. The highest BCUT2D eigenvalue weighted by atomic mass is 15.2. The molecule has 4 heteroatoms. The molecule has 0 N–H and O–H groups in total. The molecule has 0 saturated heterocycles. The van der Waals surface area contributed by atoms with Gasteiger partial charge in [0.25, 0.3) is 0 Å². The Balaban J connectivity index is 1.31. The van der Waals surface area contributed by atoms with E-state index in [2.05, 4.69) is 0 Å². The summed E-state index contributed by atoms with van der Waals surface area (Å²) in [5, 5.41) is 0.726. The number of para-hydroxylation sites is 4. The molecule has 0 amide bonds. The van der Waals surface area contributed by atoms with E-state index >= 15 is 0 Å². The van der Waals surface area contributed by atoms with Gasteiger partial charge in [-0.15, -0.1) is 0 Å². The first-order chi connectivity index (χ1) is 38.7. The van der Waals surface area contributed by atoms with Crippen molar-refractivity contribution in [1.29, 1.82) is 0 Å². The van der Waals surface area contributed by atoms with E-state index in [0.29, 0.717) is 22.7 Å². The van der Waals surface area contributed by atoms with Gasteiger partial charge in [0.15, 0.2) is 0 Å². The van der Waals surface area contributed by atoms with E-state index in [-0.39, 0.29) is 183 Å². The van der Waals surface area contributed by atoms with Gasteiger partial charge in [0.1, 0.15) is 0 Å². The number of rotatable bonds is 6. The minimum Gasteiger partial charge on any atom is -0.310 e. The Labute approximate surface area is 407 Å². The molecule has 0 unspecified atom stereocenters. The maximum absolute atomic E-state index is 10.7. The molecule has 13 aromatic rings. The van der Waals surface area contributed by atoms with Crippen LogP contribution in [0, 0.1) is 0 Å². The van der Waals surface area contributed by atoms with Crippen molar-refractivity contribution in [3.8, 4) is 0 Å². The van der Waals surface area contributed by atoms with Gasteiger partial charge in [0.05, 0.1) is 66.4 Å². The lowest BCUT2D eigenvalue weighted by Gasteiger charge is -2.26. The predicted octanol–water partition coefficient (Wildman–Crippen LogP) is 17.5. The smallest absolute Gasteiger partial charge is 0.0653 e. The average Bonchev–Trinajstić information content (AvgIpc) is 1.50. The number of hydrogen-bond donors (Lipinski definition) is 0. The molecule has 0 aliphatic rings. The van der Waals surface area contributed by atoms with Crippen LogP contribution in [-0.4, -0.2) is 8.80 Å². The molecule has 0 spiro atoms. The summed E-state index contributed by atoms with van der Waals surface area (Å²) in [6.07, 6.45) is 0. The molecule has 13 rings (SSSR count). The van der Waals surface area contributed by atoms with Crippen molar-refractivity contribution in [3.05, 3.63) is 205 Å². The minimum absolute atomic E-state index is 0.00443. The monoisotopic (exact) mass is 867 g/mol. The van der Waals surface area contributed by atoms with E-state index in [0.717, 1.165) is 0 Å². The van der Waals surface area contributed by atoms with Gasteiger partial charge in [-0.05, 0) is 119 Å². The molecule has 0 radical (unpaired) electrons. The number of fused-ring (bicyclic) bond motifs is 12. The number of benzene rings is 9. The summed E-state index contributed by atoms with van der Waals surface area (Å²) in [6, 6.07) is 23.3. The molecule has 0 atom stereocenters. The van der Waals surface area contributed by atoms with E-state index in [1.165, 1.54) is 0 Å². The lowest BCUT2D eigenvalue weighted by atomic mass is 9.86. The lowest BCUT2D eigenvalue weighted by molar-refractivity contribution is 0.591. The SMILES string of the molecule is [2H]c1ccc(N(c2ccc([2H])cc2)c2c([2H])c([2H])c3c4c([2H])c5c(c([2H])c4n4c6c([2H])c([2H])c(C(C)(C)C)c([2H])c6c2c34)c2c([2H])c([2H])c(N(c3ccc([2H])cc3)c3ccc([2H])cc3)c3c4c([2H])c(C(C)(C)C)c([2H])c([2H])c4n5c23)cc1. The standard InChI is InChI=1S/C62H50N4/c1-61(2,3)39-27-31-51-49(35-39)57-53(63(41-19-11-7-12-20-41)42-21-13-8-14-22-42)33-29-45-47-38-56-48(37-55(47)65(51)59(45)57)46-30-34-54(64(43-23-15-9-16-24-43)44-25-17-10-18-26-44)58-50-36-40(62(4,5)6)28-32-52(50)66(56)60(46)58/h7-38H,1-6H3/i7D,8D,9D,10D,27D,28D,29D,30D,31D,32D,33D,34D,35D,36D,37D,38D. The highest BCUT2D eigenvalue weighted by Gasteiger charge is 2.29. The van der Waals surface area contributed by atoms with Gasteiger partial charge in [-0.1, -0.05) is 138 Å². The van der Waals surface area contributed by atoms with Crippen molar-refractivity contribution in [2.45, 2.75) is 52.4 Å². The first-order valence-electron chi connectivity index (χ1n) is 30.0. The van der Waals surface area contributed by atoms with E-state index in [4.69, 9.17) is 5.48 Å². The highest BCUT2D eigenvalue weighted by molar-refractivity contribution is 6.32. The van der Waals surface area contributed by atoms with Crippen LogP contribution in [0.1, 0.15) is 74.6 Å². The van der Waals surface area contributed by atoms with Gasteiger partial charge >= 0.3 is 0 Å². The summed E-state index contributed by atoms with van der Waals surface area (Å²) < 4.78 is 158. The van der Waals surface area contributed by atoms with Crippen LogP contribution < -0.4 is 9.80 Å². The topological polar surface area (TPSA) is 15.3 Å². The Morgan fingerprint density at radius 2 is 0.697 bits per heavy atom. The molecule has 318 valence electrons. The number of aromatic nitrogens is 2. The third kappa shape index (κ3) is 5.51. The maximum Gasteiger partial charge on any atom is 0.0653 e. The summed E-state index contributed by atoms with van der Waals surface area (Å²) >= 11 is 0. The molecule has 0 aliphatic carbocycles. The second kappa shape index (κ2) is 13.8. The largest absolute Gasteiger partial charge is 0.310 e. The summed E-state index contributed by atoms with van der Waals surface area (Å²) in [6.45, 7) is 11.0. The molecular weight excluding hydrogens is 801 g/mol. The molecule has 0 bridgehead atoms. The quantitative estimate of drug-likeness (QED) is 0.165. The van der Waals surface area contributed by atoms with Crippen LogP contribution in [0.2, 0.25) is 0 Å². The van der Waals surface area contributed by atoms with Gasteiger partial charge < -0.3 is 18.6 Å². The summed E-state index contributed by atoms with van der Waals surface area (Å²) in [7, 11) is 0. The molecule has 0 aliphatic heterocycles. The number of nitrogens with zero attached hydrogens (tertiary/aromatic N) is 4. The van der Waals surface area contributed by atoms with Gasteiger partial charge in [-0.2, -0.15) is 0 Å². The van der Waals surface area contributed by atoms with Crippen LogP contribution in [0.3, 0.4) is 0 Å². The van der Waals surface area contributed by atoms with Gasteiger partial charge in [0.2, 0.25) is 0 Å². The van der Waals surface area contributed by atoms with Crippen LogP contribution in [0.15, 0.2) is 194 Å². The molecule has 4 heterocycles. The van der Waals surface area contributed by atoms with Gasteiger partial charge in [-0.3, -0.25) is 0 Å². The van der Waals surface area contributed by atoms with Gasteiger partial charge in [-0.25, -0.2) is 0 Å². The lowest BCUT2D eigenvalue weighted by Crippen LogP contribution is -2.11. The molecule has 0 fully saturated rings. The zero-order chi connectivity index (χ0) is 58.6. The summed E-state index contributed by atoms with van der Waals surface area (Å²) in [5.41, 5.74) is 1.06. The molecule has 4 aromatic heterocycles. The molecule has 66 heavy (non-hydrogen) atoms. The average molecular weight is 867 g/mol. The van der Waals surface area contributed by atoms with Crippen LogP contribution in [0.25, 0.3) is 76.2 Å². The van der Waals surface area contributed by atoms with Crippen LogP contribution >= 0.6 is 0 Å². The first kappa shape index (κ1) is 25.6. The Morgan fingerprint density at radius 1 is 0.364 bits per heavy atom. The van der Waals surface area contributed by atoms with Crippen molar-refractivity contribution in [2.24, 2.45) is 0 Å². The van der Waals surface area contributed by atoms with E-state index in [9.17, 15) is 16.4 Å². The van der Waals surface area contributed by atoms with Crippen LogP contribution in [0.5, 0.6) is 0 Å². The normalized spacial score (nSPS) is 16.1. The van der Waals surface area contributed by atoms with Crippen molar-refractivity contribution in [2.75, 3.05) is 9.80 Å². The fourth-order valence-corrected chi connectivity index (χ4v) is 9.60. The second-order valence-electron chi connectivity index (χ2n) is 18.9. The third-order valence-corrected chi connectivity index (χ3v) is 12.7. The van der Waals surface area contributed by atoms with Crippen molar-refractivity contribution >= 4 is 110 Å². The van der Waals surface area contributed by atoms with E-state index < -0.39 is 22.9 Å². The van der Waals surface area contributed by atoms with Gasteiger partial charge in [0, 0.05) is 65.8 Å². The number of anilines is 6. The Kier molecular flexibility index (Phi) is 5.37. The van der Waals surface area contributed by atoms with Crippen molar-refractivity contribution in [3.63, 3.8) is 0 Å². The summed E-state index contributed by atoms with van der Waals surface area (Å²) in [4.78, 5) is 3.40. The van der Waals surface area contributed by atoms with Crippen molar-refractivity contribution < 1.29 is 21.9 Å². The van der Waals surface area contributed by atoms with Crippen molar-refractivity contribution in [1.82, 2.24) is 8.80 Å². The maximum atomic E-state index is 10.7. The minimum atomic E-state index is -0.861. The zero-order valence-electron chi connectivity index (χ0n) is 53.0. The number of hydrogen-bond acceptors (Lipinski definition) is 2. The molecule has 9 aromatic carbocycles. The Bertz CT molecular complexity index is 4520. The fraction of sp³-hybridized carbons (Fsp3) is 0.129. The zero-order valence-corrected chi connectivity index (χ0v) is 37.0. The molecular formula is C62H50N4. The van der Waals surface area contributed by atoms with Crippen LogP contribution in [0.4, 0.5) is 34.1 Å². The first-order valence-corrected chi connectivity index (χ1v) is 22.0. The Morgan fingerprint density at radius 3 is 1.02 bits per heavy atom. The predicted molar refractivity (Wildman–Crippen MR) is 283 cm³/mol. The molecule has 4 nitrogen and oxygen atoms in total. The molecule has 0 saturated carbocycles. The summed E-state index contributed by atoms with van der Waals surface area (Å²) in [5.74, 6) is 0. The van der Waals surface area contributed by atoms with E-state index in [1.807, 2.05) is 41.5 Å². The van der Waals surface area contributed by atoms with E-state index in [1.54, 1.807) is 116 Å². The third-order valence-electron chi connectivity index (χ3n) is 12.7. The highest BCUT2D eigenvalue weighted by Crippen LogP contribution is 2.52. The second-order valence-corrected chi connectivity index (χ2v) is 18.9.